The molecule has 29 heavy (non-hydrogen) atoms. The predicted molar refractivity (Wildman–Crippen MR) is 126 cm³/mol. The number of aromatic nitrogens is 3. The van der Waals surface area contributed by atoms with Gasteiger partial charge >= 0.3 is 0 Å². The standard InChI is InChI=1S/C19H28N6O2S.HI/c1-5-20-18(24-10-11-28(26,27)19(3,4)14-24)23-13-16-6-7-17(22-12-16)25-9-8-21-15(25)2;/h6-9,12H,5,10-11,13-14H2,1-4H3,(H,20,23);1H. The van der Waals surface area contributed by atoms with Gasteiger partial charge in [-0.3, -0.25) is 4.57 Å². The van der Waals surface area contributed by atoms with Crippen molar-refractivity contribution >= 4 is 39.8 Å². The van der Waals surface area contributed by atoms with Crippen molar-refractivity contribution in [2.75, 3.05) is 25.4 Å². The van der Waals surface area contributed by atoms with Gasteiger partial charge in [-0.25, -0.2) is 23.4 Å². The van der Waals surface area contributed by atoms with E-state index in [4.69, 9.17) is 4.99 Å². The maximum Gasteiger partial charge on any atom is 0.194 e. The first kappa shape index (κ1) is 23.6. The van der Waals surface area contributed by atoms with Crippen LogP contribution in [0.3, 0.4) is 0 Å². The number of guanidine groups is 1. The summed E-state index contributed by atoms with van der Waals surface area (Å²) in [7, 11) is -3.08. The molecule has 0 amide bonds. The lowest BCUT2D eigenvalue weighted by Gasteiger charge is -2.39. The van der Waals surface area contributed by atoms with Gasteiger partial charge in [0.2, 0.25) is 0 Å². The van der Waals surface area contributed by atoms with Crippen LogP contribution in [-0.2, 0) is 16.4 Å². The summed E-state index contributed by atoms with van der Waals surface area (Å²) >= 11 is 0. The minimum Gasteiger partial charge on any atom is -0.357 e. The summed E-state index contributed by atoms with van der Waals surface area (Å²) in [6.45, 7) is 9.57. The van der Waals surface area contributed by atoms with Crippen LogP contribution in [0.5, 0.6) is 0 Å². The summed E-state index contributed by atoms with van der Waals surface area (Å²) < 4.78 is 25.7. The number of nitrogens with zero attached hydrogens (tertiary/aromatic N) is 5. The molecule has 10 heteroatoms. The first-order chi connectivity index (χ1) is 13.2. The number of hydrogen-bond acceptors (Lipinski definition) is 5. The van der Waals surface area contributed by atoms with Crippen LogP contribution in [0.4, 0.5) is 0 Å². The van der Waals surface area contributed by atoms with Crippen LogP contribution in [-0.4, -0.2) is 63.9 Å². The molecule has 160 valence electrons. The summed E-state index contributed by atoms with van der Waals surface area (Å²) in [5.41, 5.74) is 0.987. The molecule has 2 aromatic rings. The fourth-order valence-electron chi connectivity index (χ4n) is 3.19. The van der Waals surface area contributed by atoms with Crippen LogP contribution in [0.1, 0.15) is 32.2 Å². The van der Waals surface area contributed by atoms with Crippen LogP contribution < -0.4 is 5.32 Å². The Morgan fingerprint density at radius 1 is 1.31 bits per heavy atom. The molecular weight excluding hydrogens is 503 g/mol. The second kappa shape index (κ2) is 9.41. The molecule has 0 aliphatic carbocycles. The molecule has 8 nitrogen and oxygen atoms in total. The number of sulfone groups is 1. The number of rotatable bonds is 4. The topological polar surface area (TPSA) is 92.5 Å². The van der Waals surface area contributed by atoms with Gasteiger partial charge in [0.25, 0.3) is 0 Å². The highest BCUT2D eigenvalue weighted by molar-refractivity contribution is 14.0. The number of halogens is 1. The molecular formula is C19H29IN6O2S. The molecule has 0 radical (unpaired) electrons. The minimum atomic E-state index is -3.08. The van der Waals surface area contributed by atoms with Crippen molar-refractivity contribution in [3.63, 3.8) is 0 Å². The average molecular weight is 532 g/mol. The van der Waals surface area contributed by atoms with E-state index >= 15 is 0 Å². The Bertz CT molecular complexity index is 953. The zero-order valence-electron chi connectivity index (χ0n) is 17.3. The normalized spacial score (nSPS) is 18.2. The summed E-state index contributed by atoms with van der Waals surface area (Å²) in [5.74, 6) is 2.58. The number of imidazole rings is 1. The molecule has 3 heterocycles. The number of hydrogen-bond donors (Lipinski definition) is 1. The number of aryl methyl sites for hydroxylation is 1. The first-order valence-electron chi connectivity index (χ1n) is 9.44. The monoisotopic (exact) mass is 532 g/mol. The third-order valence-corrected chi connectivity index (χ3v) is 7.50. The quantitative estimate of drug-likeness (QED) is 0.369. The molecule has 0 bridgehead atoms. The van der Waals surface area contributed by atoms with Crippen molar-refractivity contribution in [3.05, 3.63) is 42.1 Å². The van der Waals surface area contributed by atoms with Crippen molar-refractivity contribution in [2.24, 2.45) is 4.99 Å². The molecule has 1 saturated heterocycles. The van der Waals surface area contributed by atoms with Gasteiger partial charge in [-0.15, -0.1) is 24.0 Å². The van der Waals surface area contributed by atoms with Crippen LogP contribution in [0.25, 0.3) is 5.82 Å². The van der Waals surface area contributed by atoms with E-state index in [1.54, 1.807) is 20.0 Å². The van der Waals surface area contributed by atoms with E-state index in [0.29, 0.717) is 19.6 Å². The Hall–Kier alpha value is -1.69. The van der Waals surface area contributed by atoms with Crippen molar-refractivity contribution in [1.82, 2.24) is 24.8 Å². The Kier molecular flexibility index (Phi) is 7.66. The van der Waals surface area contributed by atoms with Gasteiger partial charge in [0.15, 0.2) is 15.8 Å². The summed E-state index contributed by atoms with van der Waals surface area (Å²) in [6.07, 6.45) is 5.44. The zero-order chi connectivity index (χ0) is 20.4. The van der Waals surface area contributed by atoms with Gasteiger partial charge in [-0.1, -0.05) is 6.07 Å². The summed E-state index contributed by atoms with van der Waals surface area (Å²) in [5, 5.41) is 3.28. The van der Waals surface area contributed by atoms with Gasteiger partial charge in [0, 0.05) is 38.2 Å². The average Bonchev–Trinajstić information content (AvgIpc) is 3.07. The van der Waals surface area contributed by atoms with E-state index in [0.717, 1.165) is 29.7 Å². The molecule has 2 aromatic heterocycles. The summed E-state index contributed by atoms with van der Waals surface area (Å²) in [4.78, 5) is 15.5. The lowest BCUT2D eigenvalue weighted by Crippen LogP contribution is -2.57. The Morgan fingerprint density at radius 2 is 2.07 bits per heavy atom. The van der Waals surface area contributed by atoms with Crippen molar-refractivity contribution < 1.29 is 8.42 Å². The number of nitrogens with one attached hydrogen (secondary N) is 1. The Labute approximate surface area is 189 Å². The summed E-state index contributed by atoms with van der Waals surface area (Å²) in [6, 6.07) is 3.95. The molecule has 0 spiro atoms. The number of pyridine rings is 1. The van der Waals surface area contributed by atoms with Crippen LogP contribution in [0.2, 0.25) is 0 Å². The SMILES string of the molecule is CCNC(=NCc1ccc(-n2ccnc2C)nc1)N1CCS(=O)(=O)C(C)(C)C1.I. The van der Waals surface area contributed by atoms with Crippen LogP contribution in [0, 0.1) is 6.92 Å². The fourth-order valence-corrected chi connectivity index (χ4v) is 4.56. The molecule has 0 unspecified atom stereocenters. The van der Waals surface area contributed by atoms with E-state index in [9.17, 15) is 8.42 Å². The van der Waals surface area contributed by atoms with Crippen LogP contribution >= 0.6 is 24.0 Å². The van der Waals surface area contributed by atoms with Gasteiger partial charge in [0.1, 0.15) is 11.6 Å². The predicted octanol–water partition coefficient (Wildman–Crippen LogP) is 2.17. The van der Waals surface area contributed by atoms with E-state index < -0.39 is 14.6 Å². The Morgan fingerprint density at radius 3 is 2.62 bits per heavy atom. The molecule has 0 aromatic carbocycles. The fraction of sp³-hybridized carbons (Fsp3) is 0.526. The second-order valence-corrected chi connectivity index (χ2v) is 10.3. The van der Waals surface area contributed by atoms with Gasteiger partial charge in [-0.2, -0.15) is 0 Å². The third kappa shape index (κ3) is 5.27. The molecule has 0 saturated carbocycles. The van der Waals surface area contributed by atoms with Crippen LogP contribution in [0.15, 0.2) is 35.7 Å². The molecule has 1 fully saturated rings. The minimum absolute atomic E-state index is 0. The molecule has 3 rings (SSSR count). The highest BCUT2D eigenvalue weighted by Gasteiger charge is 2.40. The van der Waals surface area contributed by atoms with E-state index in [-0.39, 0.29) is 29.7 Å². The van der Waals surface area contributed by atoms with E-state index in [2.05, 4.69) is 15.3 Å². The third-order valence-electron chi connectivity index (χ3n) is 4.97. The zero-order valence-corrected chi connectivity index (χ0v) is 20.4. The smallest absolute Gasteiger partial charge is 0.194 e. The van der Waals surface area contributed by atoms with Gasteiger partial charge in [0.05, 0.1) is 17.0 Å². The maximum absolute atomic E-state index is 12.3. The number of aliphatic imine (C=N–C) groups is 1. The van der Waals surface area contributed by atoms with Gasteiger partial charge < -0.3 is 10.2 Å². The highest BCUT2D eigenvalue weighted by Crippen LogP contribution is 2.23. The molecule has 0 atom stereocenters. The van der Waals surface area contributed by atoms with Crippen molar-refractivity contribution in [3.8, 4) is 5.82 Å². The molecule has 1 aliphatic rings. The highest BCUT2D eigenvalue weighted by atomic mass is 127. The van der Waals surface area contributed by atoms with Crippen molar-refractivity contribution in [1.29, 1.82) is 0 Å². The van der Waals surface area contributed by atoms with E-state index in [1.807, 2.05) is 47.8 Å². The van der Waals surface area contributed by atoms with Gasteiger partial charge in [-0.05, 0) is 39.3 Å². The lowest BCUT2D eigenvalue weighted by atomic mass is 10.2. The largest absolute Gasteiger partial charge is 0.357 e. The lowest BCUT2D eigenvalue weighted by molar-refractivity contribution is 0.353. The van der Waals surface area contributed by atoms with E-state index in [1.165, 1.54) is 0 Å². The Balaban J connectivity index is 0.00000300. The van der Waals surface area contributed by atoms with Crippen molar-refractivity contribution in [2.45, 2.75) is 39.0 Å². The second-order valence-electron chi connectivity index (χ2n) is 7.54. The molecule has 1 aliphatic heterocycles. The first-order valence-corrected chi connectivity index (χ1v) is 11.1. The maximum atomic E-state index is 12.3. The molecule has 1 N–H and O–H groups in total.